The number of fused-ring (bicyclic) bond motifs is 3. The summed E-state index contributed by atoms with van der Waals surface area (Å²) >= 11 is 0. The summed E-state index contributed by atoms with van der Waals surface area (Å²) in [4.78, 5) is 17.9. The van der Waals surface area contributed by atoms with E-state index < -0.39 is 29.3 Å². The maximum absolute atomic E-state index is 15.8. The molecule has 0 radical (unpaired) electrons. The molecule has 0 bridgehead atoms. The first-order valence-electron chi connectivity index (χ1n) is 14.6. The van der Waals surface area contributed by atoms with E-state index in [-0.39, 0.29) is 30.3 Å². The van der Waals surface area contributed by atoms with Gasteiger partial charge in [0.05, 0.1) is 32.5 Å². The van der Waals surface area contributed by atoms with Crippen LogP contribution in [0.1, 0.15) is 67.3 Å². The number of nitrogens with zero attached hydrogens (tertiary/aromatic N) is 1. The predicted molar refractivity (Wildman–Crippen MR) is 157 cm³/mol. The SMILES string of the molecule is CCOCCOCCOCCCNC(=O)c1cc(F)c([C@@H]2c3[nH]c4ccccc4c3C[C@@H](C)N2CC(C)(C)F)c(F)c1. The molecule has 2 heterocycles. The molecular formula is C32H42F3N3O4. The van der Waals surface area contributed by atoms with Crippen molar-refractivity contribution in [2.24, 2.45) is 0 Å². The molecule has 42 heavy (non-hydrogen) atoms. The number of hydrogen-bond acceptors (Lipinski definition) is 5. The van der Waals surface area contributed by atoms with Crippen molar-refractivity contribution >= 4 is 16.8 Å². The molecule has 3 aromatic rings. The summed E-state index contributed by atoms with van der Waals surface area (Å²) in [6, 6.07) is 8.77. The first-order chi connectivity index (χ1) is 20.1. The minimum Gasteiger partial charge on any atom is -0.379 e. The number of aromatic amines is 1. The Morgan fingerprint density at radius 2 is 1.69 bits per heavy atom. The zero-order valence-corrected chi connectivity index (χ0v) is 24.9. The molecule has 0 saturated carbocycles. The van der Waals surface area contributed by atoms with E-state index in [2.05, 4.69) is 10.3 Å². The van der Waals surface area contributed by atoms with E-state index in [0.29, 0.717) is 58.2 Å². The Balaban J connectivity index is 1.45. The molecule has 0 unspecified atom stereocenters. The number of para-hydroxylation sites is 1. The Bertz CT molecular complexity index is 1320. The van der Waals surface area contributed by atoms with Crippen molar-refractivity contribution in [2.75, 3.05) is 52.7 Å². The van der Waals surface area contributed by atoms with Gasteiger partial charge in [0, 0.05) is 60.1 Å². The van der Waals surface area contributed by atoms with Crippen LogP contribution in [0.2, 0.25) is 0 Å². The Labute approximate surface area is 245 Å². The number of H-pyrrole nitrogens is 1. The minimum absolute atomic E-state index is 0.0176. The summed E-state index contributed by atoms with van der Waals surface area (Å²) in [6.07, 6.45) is 1.14. The lowest BCUT2D eigenvalue weighted by atomic mass is 9.87. The molecule has 230 valence electrons. The number of alkyl halides is 1. The van der Waals surface area contributed by atoms with E-state index in [1.165, 1.54) is 13.8 Å². The van der Waals surface area contributed by atoms with Gasteiger partial charge in [-0.25, -0.2) is 13.2 Å². The molecule has 1 aromatic heterocycles. The van der Waals surface area contributed by atoms with Gasteiger partial charge in [0.1, 0.15) is 17.3 Å². The maximum Gasteiger partial charge on any atom is 0.251 e. The topological polar surface area (TPSA) is 75.8 Å². The highest BCUT2D eigenvalue weighted by molar-refractivity contribution is 5.94. The summed E-state index contributed by atoms with van der Waals surface area (Å²) in [6.45, 7) is 10.0. The first kappa shape index (κ1) is 32.0. The fourth-order valence-electron chi connectivity index (χ4n) is 5.54. The van der Waals surface area contributed by atoms with E-state index in [1.54, 1.807) is 0 Å². The van der Waals surface area contributed by atoms with Crippen molar-refractivity contribution in [2.45, 2.75) is 58.3 Å². The fraction of sp³-hybridized carbons (Fsp3) is 0.531. The van der Waals surface area contributed by atoms with Crippen molar-refractivity contribution in [1.29, 1.82) is 0 Å². The molecule has 10 heteroatoms. The number of carbonyl (C=O) groups is 1. The molecule has 4 rings (SSSR count). The second-order valence-corrected chi connectivity index (χ2v) is 11.3. The van der Waals surface area contributed by atoms with Crippen molar-refractivity contribution < 1.29 is 32.2 Å². The molecular weight excluding hydrogens is 547 g/mol. The molecule has 2 atom stereocenters. The van der Waals surface area contributed by atoms with E-state index >= 15 is 8.78 Å². The molecule has 1 aliphatic heterocycles. The molecule has 0 spiro atoms. The number of benzene rings is 2. The Hall–Kier alpha value is -2.92. The van der Waals surface area contributed by atoms with E-state index in [0.717, 1.165) is 28.6 Å². The molecule has 2 N–H and O–H groups in total. The van der Waals surface area contributed by atoms with Gasteiger partial charge >= 0.3 is 0 Å². The first-order valence-corrected chi connectivity index (χ1v) is 14.6. The van der Waals surface area contributed by atoms with Crippen molar-refractivity contribution in [3.63, 3.8) is 0 Å². The Morgan fingerprint density at radius 3 is 2.36 bits per heavy atom. The third-order valence-corrected chi connectivity index (χ3v) is 7.39. The van der Waals surface area contributed by atoms with Crippen molar-refractivity contribution in [3.8, 4) is 0 Å². The van der Waals surface area contributed by atoms with Gasteiger partial charge in [-0.2, -0.15) is 0 Å². The maximum atomic E-state index is 15.8. The van der Waals surface area contributed by atoms with Gasteiger partial charge in [-0.05, 0) is 64.3 Å². The highest BCUT2D eigenvalue weighted by atomic mass is 19.1. The average Bonchev–Trinajstić information content (AvgIpc) is 3.30. The molecule has 2 aromatic carbocycles. The molecule has 0 saturated heterocycles. The summed E-state index contributed by atoms with van der Waals surface area (Å²) in [7, 11) is 0. The fourth-order valence-corrected chi connectivity index (χ4v) is 5.54. The molecule has 1 aliphatic rings. The predicted octanol–water partition coefficient (Wildman–Crippen LogP) is 5.72. The van der Waals surface area contributed by atoms with Gasteiger partial charge in [0.2, 0.25) is 0 Å². The highest BCUT2D eigenvalue weighted by Crippen LogP contribution is 2.43. The number of carbonyl (C=O) groups excluding carboxylic acids is 1. The smallest absolute Gasteiger partial charge is 0.251 e. The lowest BCUT2D eigenvalue weighted by molar-refractivity contribution is 0.0166. The van der Waals surface area contributed by atoms with Crippen LogP contribution in [-0.2, 0) is 20.6 Å². The normalized spacial score (nSPS) is 17.5. The quantitative estimate of drug-likeness (QED) is 0.222. The second-order valence-electron chi connectivity index (χ2n) is 11.3. The van der Waals surface area contributed by atoms with Crippen LogP contribution in [0.15, 0.2) is 36.4 Å². The monoisotopic (exact) mass is 589 g/mol. The van der Waals surface area contributed by atoms with Gasteiger partial charge in [-0.1, -0.05) is 18.2 Å². The van der Waals surface area contributed by atoms with Gasteiger partial charge in [0.25, 0.3) is 5.91 Å². The minimum atomic E-state index is -1.59. The third-order valence-electron chi connectivity index (χ3n) is 7.39. The standard InChI is InChI=1S/C32H42F3N3O4/c1-5-40-13-14-42-16-15-41-12-8-11-36-31(39)22-18-25(33)28(26(34)19-22)30-29-24(23-9-6-7-10-27(23)37-29)17-21(2)38(30)20-32(3,4)35/h6-7,9-10,18-19,21,30,37H,5,8,11-17,20H2,1-4H3,(H,36,39)/t21-,30-/m1/s1. The van der Waals surface area contributed by atoms with Gasteiger partial charge < -0.3 is 24.5 Å². The van der Waals surface area contributed by atoms with E-state index in [1.807, 2.05) is 43.0 Å². The van der Waals surface area contributed by atoms with Crippen LogP contribution >= 0.6 is 0 Å². The molecule has 1 amide bonds. The van der Waals surface area contributed by atoms with Crippen LogP contribution in [0.4, 0.5) is 13.2 Å². The second kappa shape index (κ2) is 14.5. The van der Waals surface area contributed by atoms with Crippen LogP contribution in [0, 0.1) is 11.6 Å². The summed E-state index contributed by atoms with van der Waals surface area (Å²) in [5.41, 5.74) is 0.561. The summed E-state index contributed by atoms with van der Waals surface area (Å²) in [5, 5.41) is 3.68. The van der Waals surface area contributed by atoms with Crippen LogP contribution < -0.4 is 5.32 Å². The van der Waals surface area contributed by atoms with Crippen molar-refractivity contribution in [3.05, 3.63) is 70.4 Å². The zero-order valence-electron chi connectivity index (χ0n) is 24.9. The number of halogens is 3. The molecule has 0 aliphatic carbocycles. The highest BCUT2D eigenvalue weighted by Gasteiger charge is 2.41. The number of ether oxygens (including phenoxy) is 3. The number of nitrogens with one attached hydrogen (secondary N) is 2. The van der Waals surface area contributed by atoms with Crippen LogP contribution in [0.3, 0.4) is 0 Å². The lowest BCUT2D eigenvalue weighted by Gasteiger charge is -2.43. The van der Waals surface area contributed by atoms with E-state index in [4.69, 9.17) is 14.2 Å². The Morgan fingerprint density at radius 1 is 1.05 bits per heavy atom. The third kappa shape index (κ3) is 7.92. The van der Waals surface area contributed by atoms with E-state index in [9.17, 15) is 9.18 Å². The van der Waals surface area contributed by atoms with Gasteiger partial charge in [-0.3, -0.25) is 9.69 Å². The zero-order chi connectivity index (χ0) is 30.3. The summed E-state index contributed by atoms with van der Waals surface area (Å²) < 4.78 is 62.6. The number of hydrogen-bond donors (Lipinski definition) is 2. The lowest BCUT2D eigenvalue weighted by Crippen LogP contribution is -2.48. The van der Waals surface area contributed by atoms with Gasteiger partial charge in [0.15, 0.2) is 0 Å². The van der Waals surface area contributed by atoms with Crippen LogP contribution in [-0.4, -0.2) is 80.2 Å². The van der Waals surface area contributed by atoms with Crippen LogP contribution in [0.25, 0.3) is 10.9 Å². The summed E-state index contributed by atoms with van der Waals surface area (Å²) in [5.74, 6) is -2.28. The molecule has 7 nitrogen and oxygen atoms in total. The number of rotatable bonds is 15. The largest absolute Gasteiger partial charge is 0.379 e. The Kier molecular flexibility index (Phi) is 11.1. The van der Waals surface area contributed by atoms with Crippen molar-refractivity contribution in [1.82, 2.24) is 15.2 Å². The molecule has 0 fully saturated rings. The van der Waals surface area contributed by atoms with Gasteiger partial charge in [-0.15, -0.1) is 0 Å². The number of amides is 1. The van der Waals surface area contributed by atoms with Crippen LogP contribution in [0.5, 0.6) is 0 Å². The number of aromatic nitrogens is 1. The average molecular weight is 590 g/mol.